The van der Waals surface area contributed by atoms with E-state index in [1.807, 2.05) is 0 Å². The molecule has 0 aromatic heterocycles. The smallest absolute Gasteiger partial charge is 0.0866 e. The summed E-state index contributed by atoms with van der Waals surface area (Å²) >= 11 is 0. The molecule has 1 unspecified atom stereocenters. The molecule has 0 bridgehead atoms. The summed E-state index contributed by atoms with van der Waals surface area (Å²) in [5.74, 6) is 0. The van der Waals surface area contributed by atoms with Gasteiger partial charge in [-0.15, -0.1) is 0 Å². The summed E-state index contributed by atoms with van der Waals surface area (Å²) in [6, 6.07) is 13.3. The zero-order valence-electron chi connectivity index (χ0n) is 9.82. The van der Waals surface area contributed by atoms with Gasteiger partial charge in [0.1, 0.15) is 0 Å². The molecule has 0 spiro atoms. The normalized spacial score (nSPS) is 23.6. The van der Waals surface area contributed by atoms with Gasteiger partial charge >= 0.3 is 0 Å². The number of hydrogen-bond acceptors (Lipinski definition) is 2. The molecule has 4 rings (SSSR count). The van der Waals surface area contributed by atoms with Crippen LogP contribution < -0.4 is 5.32 Å². The maximum atomic E-state index is 3.64. The number of likely N-dealkylation sites (tertiary alicyclic amines) is 1. The lowest BCUT2D eigenvalue weighted by molar-refractivity contribution is 0.102. The third kappa shape index (κ3) is 1.34. The van der Waals surface area contributed by atoms with Crippen LogP contribution in [0.3, 0.4) is 0 Å². The first-order valence-electron chi connectivity index (χ1n) is 6.41. The van der Waals surface area contributed by atoms with Gasteiger partial charge in [-0.2, -0.15) is 0 Å². The molecular weight excluding hydrogens is 208 g/mol. The molecule has 2 aliphatic rings. The predicted molar refractivity (Wildman–Crippen MR) is 69.7 cm³/mol. The van der Waals surface area contributed by atoms with E-state index in [0.29, 0.717) is 6.17 Å². The molecule has 0 amide bonds. The average molecular weight is 224 g/mol. The Bertz CT molecular complexity index is 572. The molecule has 2 aromatic carbocycles. The monoisotopic (exact) mass is 224 g/mol. The van der Waals surface area contributed by atoms with Crippen LogP contribution in [-0.2, 0) is 6.54 Å². The van der Waals surface area contributed by atoms with Crippen molar-refractivity contribution in [1.29, 1.82) is 0 Å². The maximum absolute atomic E-state index is 3.64. The Hall–Kier alpha value is -1.38. The van der Waals surface area contributed by atoms with Crippen LogP contribution in [0.5, 0.6) is 0 Å². The maximum Gasteiger partial charge on any atom is 0.0866 e. The lowest BCUT2D eigenvalue weighted by Crippen LogP contribution is -2.43. The zero-order chi connectivity index (χ0) is 11.2. The highest BCUT2D eigenvalue weighted by molar-refractivity contribution is 5.87. The summed E-state index contributed by atoms with van der Waals surface area (Å²) in [6.07, 6.45) is 1.81. The number of fused-ring (bicyclic) bond motifs is 3. The molecule has 1 fully saturated rings. The Morgan fingerprint density at radius 3 is 2.76 bits per heavy atom. The van der Waals surface area contributed by atoms with Crippen LogP contribution in [0, 0.1) is 0 Å². The third-order valence-electron chi connectivity index (χ3n) is 4.10. The van der Waals surface area contributed by atoms with Crippen LogP contribution in [-0.4, -0.2) is 18.0 Å². The van der Waals surface area contributed by atoms with Gasteiger partial charge in [-0.05, 0) is 28.3 Å². The van der Waals surface area contributed by atoms with Gasteiger partial charge in [0.15, 0.2) is 0 Å². The highest BCUT2D eigenvalue weighted by Gasteiger charge is 2.31. The Morgan fingerprint density at radius 2 is 1.94 bits per heavy atom. The lowest BCUT2D eigenvalue weighted by atomic mass is 9.99. The van der Waals surface area contributed by atoms with Crippen LogP contribution >= 0.6 is 0 Å². The molecule has 0 radical (unpaired) electrons. The van der Waals surface area contributed by atoms with E-state index in [4.69, 9.17) is 0 Å². The van der Waals surface area contributed by atoms with Crippen molar-refractivity contribution in [1.82, 2.24) is 10.2 Å². The molecule has 2 aromatic rings. The van der Waals surface area contributed by atoms with Gasteiger partial charge in [0.2, 0.25) is 0 Å². The second kappa shape index (κ2) is 3.56. The minimum atomic E-state index is 0.461. The lowest BCUT2D eigenvalue weighted by Gasteiger charge is -2.36. The minimum Gasteiger partial charge on any atom is -0.294 e. The highest BCUT2D eigenvalue weighted by atomic mass is 15.3. The van der Waals surface area contributed by atoms with E-state index in [-0.39, 0.29) is 0 Å². The number of rotatable bonds is 1. The van der Waals surface area contributed by atoms with Crippen molar-refractivity contribution >= 4 is 10.8 Å². The van der Waals surface area contributed by atoms with Crippen molar-refractivity contribution < 1.29 is 0 Å². The molecule has 0 saturated carbocycles. The molecule has 0 aliphatic carbocycles. The third-order valence-corrected chi connectivity index (χ3v) is 4.10. The van der Waals surface area contributed by atoms with Crippen LogP contribution in [0.4, 0.5) is 0 Å². The summed E-state index contributed by atoms with van der Waals surface area (Å²) in [5.41, 5.74) is 2.99. The topological polar surface area (TPSA) is 15.3 Å². The first-order chi connectivity index (χ1) is 8.43. The number of nitrogens with one attached hydrogen (secondary N) is 1. The first-order valence-corrected chi connectivity index (χ1v) is 6.41. The van der Waals surface area contributed by atoms with Crippen molar-refractivity contribution in [3.63, 3.8) is 0 Å². The van der Waals surface area contributed by atoms with Crippen molar-refractivity contribution in [3.8, 4) is 0 Å². The van der Waals surface area contributed by atoms with Gasteiger partial charge in [-0.25, -0.2) is 0 Å². The van der Waals surface area contributed by atoms with Gasteiger partial charge in [0, 0.05) is 19.6 Å². The van der Waals surface area contributed by atoms with E-state index in [2.05, 4.69) is 46.6 Å². The van der Waals surface area contributed by atoms with Gasteiger partial charge < -0.3 is 0 Å². The fraction of sp³-hybridized carbons (Fsp3) is 0.333. The Kier molecular flexibility index (Phi) is 2.01. The molecule has 2 nitrogen and oxygen atoms in total. The molecule has 1 saturated heterocycles. The Balaban J connectivity index is 1.87. The largest absolute Gasteiger partial charge is 0.294 e. The molecule has 2 aliphatic heterocycles. The van der Waals surface area contributed by atoms with E-state index in [9.17, 15) is 0 Å². The van der Waals surface area contributed by atoms with E-state index < -0.39 is 0 Å². The fourth-order valence-corrected chi connectivity index (χ4v) is 3.04. The molecule has 86 valence electrons. The van der Waals surface area contributed by atoms with E-state index in [0.717, 1.165) is 6.54 Å². The van der Waals surface area contributed by atoms with Crippen molar-refractivity contribution in [3.05, 3.63) is 47.5 Å². The minimum absolute atomic E-state index is 0.461. The molecular formula is C15H16N2. The SMILES string of the molecule is c1ccc2c3c(ccc2c1)C(N1CCC1)NC3. The van der Waals surface area contributed by atoms with Crippen molar-refractivity contribution in [2.75, 3.05) is 13.1 Å². The van der Waals surface area contributed by atoms with Crippen LogP contribution in [0.15, 0.2) is 36.4 Å². The summed E-state index contributed by atoms with van der Waals surface area (Å²) in [7, 11) is 0. The summed E-state index contributed by atoms with van der Waals surface area (Å²) < 4.78 is 0. The summed E-state index contributed by atoms with van der Waals surface area (Å²) in [4.78, 5) is 2.53. The van der Waals surface area contributed by atoms with Crippen molar-refractivity contribution in [2.24, 2.45) is 0 Å². The van der Waals surface area contributed by atoms with Gasteiger partial charge in [-0.3, -0.25) is 10.2 Å². The number of benzene rings is 2. The number of nitrogens with zero attached hydrogens (tertiary/aromatic N) is 1. The van der Waals surface area contributed by atoms with E-state index in [1.54, 1.807) is 0 Å². The second-order valence-electron chi connectivity index (χ2n) is 5.03. The van der Waals surface area contributed by atoms with Crippen molar-refractivity contribution in [2.45, 2.75) is 19.1 Å². The summed E-state index contributed by atoms with van der Waals surface area (Å²) in [5, 5.41) is 6.42. The average Bonchev–Trinajstić information content (AvgIpc) is 2.71. The molecule has 17 heavy (non-hydrogen) atoms. The number of hydrogen-bond donors (Lipinski definition) is 1. The fourth-order valence-electron chi connectivity index (χ4n) is 3.04. The van der Waals surface area contributed by atoms with Crippen LogP contribution in [0.2, 0.25) is 0 Å². The van der Waals surface area contributed by atoms with Gasteiger partial charge in [0.25, 0.3) is 0 Å². The summed E-state index contributed by atoms with van der Waals surface area (Å²) in [6.45, 7) is 3.49. The molecule has 1 atom stereocenters. The predicted octanol–water partition coefficient (Wildman–Crippen LogP) is 2.65. The zero-order valence-corrected chi connectivity index (χ0v) is 9.82. The first kappa shape index (κ1) is 9.63. The van der Waals surface area contributed by atoms with Crippen LogP contribution in [0.1, 0.15) is 23.7 Å². The van der Waals surface area contributed by atoms with Gasteiger partial charge in [-0.1, -0.05) is 36.4 Å². The van der Waals surface area contributed by atoms with E-state index >= 15 is 0 Å². The molecule has 2 heterocycles. The second-order valence-corrected chi connectivity index (χ2v) is 5.03. The van der Waals surface area contributed by atoms with E-state index in [1.165, 1.54) is 41.4 Å². The highest BCUT2D eigenvalue weighted by Crippen LogP contribution is 2.35. The molecule has 2 heteroatoms. The Labute approximate surface area is 101 Å². The van der Waals surface area contributed by atoms with Gasteiger partial charge in [0.05, 0.1) is 6.17 Å². The quantitative estimate of drug-likeness (QED) is 0.801. The van der Waals surface area contributed by atoms with Crippen LogP contribution in [0.25, 0.3) is 10.8 Å². The standard InChI is InChI=1S/C15H16N2/c1-2-5-12-11(4-1)6-7-13-14(12)10-16-15(13)17-8-3-9-17/h1-2,4-7,15-16H,3,8-10H2. The molecule has 1 N–H and O–H groups in total. The Morgan fingerprint density at radius 1 is 1.06 bits per heavy atom.